The maximum atomic E-state index is 13.2. The highest BCUT2D eigenvalue weighted by Crippen LogP contribution is 2.36. The molecule has 4 aromatic heterocycles. The molecule has 192 valence electrons. The predicted octanol–water partition coefficient (Wildman–Crippen LogP) is 3.42. The summed E-state index contributed by atoms with van der Waals surface area (Å²) in [6, 6.07) is 3.06. The standard InChI is InChI=1S/C26H30N8O2S/c1-15-22(10-17(11-28-15)24(35)27-8-9-33-18-4-5-19(33)7-6-18)31-25(36)21-13-30-34-14-23(37-26(21)34)20-12-29-32(3)16(20)2/h10-14,18-19H,4-9H2,1-3H3,(H,27,35)(H,31,36). The van der Waals surface area contributed by atoms with Crippen molar-refractivity contribution >= 4 is 33.7 Å². The van der Waals surface area contributed by atoms with Gasteiger partial charge in [-0.1, -0.05) is 0 Å². The highest BCUT2D eigenvalue weighted by Gasteiger charge is 2.38. The van der Waals surface area contributed by atoms with Gasteiger partial charge in [-0.2, -0.15) is 10.2 Å². The molecular formula is C26H30N8O2S. The molecule has 0 spiro atoms. The van der Waals surface area contributed by atoms with E-state index in [1.165, 1.54) is 37.0 Å². The van der Waals surface area contributed by atoms with Crippen LogP contribution in [0.25, 0.3) is 15.3 Å². The molecule has 2 amide bonds. The fourth-order valence-electron chi connectivity index (χ4n) is 5.57. The summed E-state index contributed by atoms with van der Waals surface area (Å²) in [5, 5.41) is 14.6. The highest BCUT2D eigenvalue weighted by atomic mass is 32.1. The number of anilines is 1. The molecule has 2 aliphatic rings. The minimum atomic E-state index is -0.293. The normalized spacial score (nSPS) is 19.1. The molecule has 2 aliphatic heterocycles. The average Bonchev–Trinajstić information content (AvgIpc) is 3.70. The molecule has 11 heteroatoms. The number of pyridine rings is 1. The number of fused-ring (bicyclic) bond motifs is 3. The first-order chi connectivity index (χ1) is 17.9. The van der Waals surface area contributed by atoms with Crippen LogP contribution < -0.4 is 10.6 Å². The number of rotatable bonds is 7. The molecule has 4 aromatic rings. The van der Waals surface area contributed by atoms with Gasteiger partial charge in [0.2, 0.25) is 0 Å². The van der Waals surface area contributed by atoms with E-state index in [2.05, 4.69) is 30.7 Å². The summed E-state index contributed by atoms with van der Waals surface area (Å²) in [7, 11) is 1.90. The second-order valence-corrected chi connectivity index (χ2v) is 11.0. The number of carbonyl (C=O) groups excluding carboxylic acids is 2. The van der Waals surface area contributed by atoms with Crippen molar-refractivity contribution in [1.82, 2.24) is 34.6 Å². The fourth-order valence-corrected chi connectivity index (χ4v) is 6.69. The smallest absolute Gasteiger partial charge is 0.260 e. The van der Waals surface area contributed by atoms with Gasteiger partial charge in [-0.25, -0.2) is 4.52 Å². The van der Waals surface area contributed by atoms with Crippen LogP contribution in [-0.4, -0.2) is 66.3 Å². The van der Waals surface area contributed by atoms with Crippen LogP contribution >= 0.6 is 11.3 Å². The Morgan fingerprint density at radius 2 is 1.81 bits per heavy atom. The first-order valence-corrected chi connectivity index (χ1v) is 13.5. The minimum Gasteiger partial charge on any atom is -0.351 e. The van der Waals surface area contributed by atoms with E-state index < -0.39 is 0 Å². The van der Waals surface area contributed by atoms with E-state index in [1.807, 2.05) is 38.0 Å². The average molecular weight is 519 g/mol. The zero-order chi connectivity index (χ0) is 25.7. The summed E-state index contributed by atoms with van der Waals surface area (Å²) in [6.07, 6.45) is 12.0. The van der Waals surface area contributed by atoms with Gasteiger partial charge in [-0.3, -0.25) is 24.2 Å². The zero-order valence-electron chi connectivity index (χ0n) is 21.2. The third-order valence-electron chi connectivity index (χ3n) is 7.80. The number of aromatic nitrogens is 5. The lowest BCUT2D eigenvalue weighted by molar-refractivity contribution is 0.0945. The van der Waals surface area contributed by atoms with Crippen molar-refractivity contribution in [3.8, 4) is 10.4 Å². The Balaban J connectivity index is 1.14. The molecule has 2 bridgehead atoms. The van der Waals surface area contributed by atoms with Crippen LogP contribution in [0.5, 0.6) is 0 Å². The van der Waals surface area contributed by atoms with E-state index in [1.54, 1.807) is 23.0 Å². The Kier molecular flexibility index (Phi) is 6.04. The van der Waals surface area contributed by atoms with Crippen molar-refractivity contribution < 1.29 is 9.59 Å². The largest absolute Gasteiger partial charge is 0.351 e. The lowest BCUT2D eigenvalue weighted by Gasteiger charge is -2.21. The van der Waals surface area contributed by atoms with Crippen molar-refractivity contribution in [2.24, 2.45) is 7.05 Å². The molecule has 0 saturated carbocycles. The highest BCUT2D eigenvalue weighted by molar-refractivity contribution is 7.21. The summed E-state index contributed by atoms with van der Waals surface area (Å²) in [5.74, 6) is -0.476. The number of thiazole rings is 1. The quantitative estimate of drug-likeness (QED) is 0.388. The maximum Gasteiger partial charge on any atom is 0.260 e. The second-order valence-electron chi connectivity index (χ2n) is 9.94. The fraction of sp³-hybridized carbons (Fsp3) is 0.423. The monoisotopic (exact) mass is 518 g/mol. The van der Waals surface area contributed by atoms with Gasteiger partial charge >= 0.3 is 0 Å². The summed E-state index contributed by atoms with van der Waals surface area (Å²) < 4.78 is 3.53. The first-order valence-electron chi connectivity index (χ1n) is 12.7. The Morgan fingerprint density at radius 3 is 2.51 bits per heavy atom. The van der Waals surface area contributed by atoms with E-state index in [-0.39, 0.29) is 11.8 Å². The van der Waals surface area contributed by atoms with Gasteiger partial charge in [0.1, 0.15) is 4.83 Å². The molecule has 0 atom stereocenters. The van der Waals surface area contributed by atoms with Crippen molar-refractivity contribution in [2.45, 2.75) is 51.6 Å². The molecule has 2 saturated heterocycles. The minimum absolute atomic E-state index is 0.183. The van der Waals surface area contributed by atoms with Gasteiger partial charge in [-0.15, -0.1) is 11.3 Å². The van der Waals surface area contributed by atoms with Crippen LogP contribution in [0.15, 0.2) is 30.9 Å². The third kappa shape index (κ3) is 4.31. The molecule has 2 fully saturated rings. The third-order valence-corrected chi connectivity index (χ3v) is 8.94. The molecule has 0 unspecified atom stereocenters. The predicted molar refractivity (Wildman–Crippen MR) is 142 cm³/mol. The van der Waals surface area contributed by atoms with Gasteiger partial charge in [0, 0.05) is 55.9 Å². The number of nitrogens with zero attached hydrogens (tertiary/aromatic N) is 6. The Hall–Kier alpha value is -3.57. The van der Waals surface area contributed by atoms with Crippen LogP contribution in [0.4, 0.5) is 5.69 Å². The van der Waals surface area contributed by atoms with Gasteiger partial charge in [0.25, 0.3) is 11.8 Å². The molecule has 0 radical (unpaired) electrons. The van der Waals surface area contributed by atoms with Gasteiger partial charge in [0.05, 0.1) is 39.8 Å². The van der Waals surface area contributed by atoms with E-state index >= 15 is 0 Å². The Morgan fingerprint density at radius 1 is 1.05 bits per heavy atom. The van der Waals surface area contributed by atoms with E-state index in [4.69, 9.17) is 0 Å². The number of amides is 2. The topological polar surface area (TPSA) is 109 Å². The van der Waals surface area contributed by atoms with Crippen molar-refractivity contribution in [3.05, 3.63) is 53.4 Å². The molecule has 10 nitrogen and oxygen atoms in total. The van der Waals surface area contributed by atoms with Gasteiger partial charge in [0.15, 0.2) is 0 Å². The van der Waals surface area contributed by atoms with E-state index in [0.717, 1.165) is 27.5 Å². The van der Waals surface area contributed by atoms with Gasteiger partial charge in [-0.05, 0) is 45.6 Å². The van der Waals surface area contributed by atoms with Crippen LogP contribution in [0.2, 0.25) is 0 Å². The lowest BCUT2D eigenvalue weighted by Crippen LogP contribution is -2.37. The SMILES string of the molecule is Cc1ncc(C(=O)NCCN2C3CCC2CC3)cc1NC(=O)c1cnn2cc(-c3cnn(C)c3C)sc12. The first kappa shape index (κ1) is 23.8. The summed E-state index contributed by atoms with van der Waals surface area (Å²) in [4.78, 5) is 34.7. The summed E-state index contributed by atoms with van der Waals surface area (Å²) in [5.41, 5.74) is 4.10. The number of hydrogen-bond donors (Lipinski definition) is 2. The molecule has 0 aromatic carbocycles. The molecule has 2 N–H and O–H groups in total. The number of nitrogens with one attached hydrogen (secondary N) is 2. The maximum absolute atomic E-state index is 13.2. The van der Waals surface area contributed by atoms with Crippen LogP contribution in [-0.2, 0) is 7.05 Å². The Bertz CT molecular complexity index is 1480. The van der Waals surface area contributed by atoms with Crippen LogP contribution in [0.3, 0.4) is 0 Å². The summed E-state index contributed by atoms with van der Waals surface area (Å²) >= 11 is 1.49. The van der Waals surface area contributed by atoms with E-state index in [9.17, 15) is 9.59 Å². The summed E-state index contributed by atoms with van der Waals surface area (Å²) in [6.45, 7) is 5.30. The van der Waals surface area contributed by atoms with Crippen LogP contribution in [0, 0.1) is 13.8 Å². The van der Waals surface area contributed by atoms with Crippen molar-refractivity contribution in [2.75, 3.05) is 18.4 Å². The molecule has 6 heterocycles. The van der Waals surface area contributed by atoms with E-state index in [0.29, 0.717) is 41.1 Å². The number of hydrogen-bond acceptors (Lipinski definition) is 7. The molecule has 37 heavy (non-hydrogen) atoms. The second kappa shape index (κ2) is 9.38. The number of carbonyl (C=O) groups is 2. The number of aryl methyl sites for hydroxylation is 2. The lowest BCUT2D eigenvalue weighted by atomic mass is 10.0. The molecule has 0 aliphatic carbocycles. The van der Waals surface area contributed by atoms with Gasteiger partial charge < -0.3 is 10.6 Å². The van der Waals surface area contributed by atoms with Crippen molar-refractivity contribution in [3.63, 3.8) is 0 Å². The molecular weight excluding hydrogens is 488 g/mol. The zero-order valence-corrected chi connectivity index (χ0v) is 22.0. The van der Waals surface area contributed by atoms with Crippen molar-refractivity contribution in [1.29, 1.82) is 0 Å². The Labute approximate surface area is 218 Å². The van der Waals surface area contributed by atoms with Crippen LogP contribution in [0.1, 0.15) is 57.8 Å². The molecule has 6 rings (SSSR count).